The zero-order valence-corrected chi connectivity index (χ0v) is 11.1. The summed E-state index contributed by atoms with van der Waals surface area (Å²) in [5.74, 6) is 0.0795. The summed E-state index contributed by atoms with van der Waals surface area (Å²) in [4.78, 5) is 2.18. The highest BCUT2D eigenvalue weighted by Gasteiger charge is 2.29. The van der Waals surface area contributed by atoms with E-state index in [-0.39, 0.29) is 5.92 Å². The molecular formula is C13H17BrFN. The fraction of sp³-hybridized carbons (Fsp3) is 0.538. The number of hydrogen-bond acceptors (Lipinski definition) is 1. The monoisotopic (exact) mass is 285 g/mol. The second-order valence-electron chi connectivity index (χ2n) is 4.36. The molecule has 0 bridgehead atoms. The van der Waals surface area contributed by atoms with Crippen molar-refractivity contribution < 1.29 is 4.39 Å². The predicted octanol–water partition coefficient (Wildman–Crippen LogP) is 3.60. The van der Waals surface area contributed by atoms with E-state index in [0.717, 1.165) is 29.5 Å². The Morgan fingerprint density at radius 2 is 2.06 bits per heavy atom. The normalized spacial score (nSPS) is 26.9. The van der Waals surface area contributed by atoms with Gasteiger partial charge in [-0.05, 0) is 37.2 Å². The minimum atomic E-state index is -0.727. The van der Waals surface area contributed by atoms with E-state index in [9.17, 15) is 4.39 Å². The van der Waals surface area contributed by atoms with Crippen LogP contribution < -0.4 is 0 Å². The van der Waals surface area contributed by atoms with Crippen molar-refractivity contribution >= 4 is 15.9 Å². The van der Waals surface area contributed by atoms with Crippen LogP contribution in [0.4, 0.5) is 4.39 Å². The van der Waals surface area contributed by atoms with Crippen molar-refractivity contribution in [1.82, 2.24) is 4.90 Å². The lowest BCUT2D eigenvalue weighted by atomic mass is 9.88. The Balaban J connectivity index is 2.08. The fourth-order valence-corrected chi connectivity index (χ4v) is 2.60. The zero-order chi connectivity index (χ0) is 11.5. The van der Waals surface area contributed by atoms with Gasteiger partial charge >= 0.3 is 0 Å². The minimum Gasteiger partial charge on any atom is -0.301 e. The van der Waals surface area contributed by atoms with Gasteiger partial charge in [-0.15, -0.1) is 0 Å². The summed E-state index contributed by atoms with van der Waals surface area (Å²) in [5, 5.41) is 0. The first-order valence-electron chi connectivity index (χ1n) is 5.82. The van der Waals surface area contributed by atoms with E-state index in [1.165, 1.54) is 0 Å². The molecule has 16 heavy (non-hydrogen) atoms. The van der Waals surface area contributed by atoms with Crippen LogP contribution in [-0.4, -0.2) is 30.7 Å². The molecule has 1 saturated heterocycles. The molecule has 0 N–H and O–H groups in total. The van der Waals surface area contributed by atoms with Crippen LogP contribution in [0.25, 0.3) is 0 Å². The molecule has 1 aromatic carbocycles. The maximum absolute atomic E-state index is 14.0. The molecule has 1 fully saturated rings. The number of likely N-dealkylation sites (tertiary alicyclic amines) is 1. The molecule has 0 amide bonds. The molecular weight excluding hydrogens is 269 g/mol. The predicted molar refractivity (Wildman–Crippen MR) is 68.5 cm³/mol. The van der Waals surface area contributed by atoms with Gasteiger partial charge in [-0.25, -0.2) is 4.39 Å². The Hall–Kier alpha value is -0.410. The second kappa shape index (κ2) is 5.28. The average Bonchev–Trinajstić information content (AvgIpc) is 2.30. The Morgan fingerprint density at radius 1 is 1.38 bits per heavy atom. The molecule has 0 saturated carbocycles. The number of hydrogen-bond donors (Lipinski definition) is 0. The standard InChI is InChI=1S/C13H17BrFN/c1-2-16-8-7-12(13(15)9-16)10-3-5-11(14)6-4-10/h3-6,12-13H,2,7-9H2,1H3/t12-,13+/m1/s1. The van der Waals surface area contributed by atoms with Gasteiger partial charge in [0.2, 0.25) is 0 Å². The summed E-state index contributed by atoms with van der Waals surface area (Å²) in [6, 6.07) is 8.05. The van der Waals surface area contributed by atoms with Crippen LogP contribution in [0, 0.1) is 0 Å². The van der Waals surface area contributed by atoms with Gasteiger partial charge in [-0.2, -0.15) is 0 Å². The smallest absolute Gasteiger partial charge is 0.120 e. The zero-order valence-electron chi connectivity index (χ0n) is 9.50. The van der Waals surface area contributed by atoms with Crippen molar-refractivity contribution in [2.24, 2.45) is 0 Å². The summed E-state index contributed by atoms with van der Waals surface area (Å²) in [5.41, 5.74) is 1.13. The first-order chi connectivity index (χ1) is 7.70. The summed E-state index contributed by atoms with van der Waals surface area (Å²) in [6.07, 6.45) is 0.200. The molecule has 0 radical (unpaired) electrons. The Labute approximate surface area is 105 Å². The van der Waals surface area contributed by atoms with E-state index in [1.54, 1.807) is 0 Å². The first kappa shape index (κ1) is 12.1. The second-order valence-corrected chi connectivity index (χ2v) is 5.27. The minimum absolute atomic E-state index is 0.0795. The van der Waals surface area contributed by atoms with E-state index in [1.807, 2.05) is 24.3 Å². The summed E-state index contributed by atoms with van der Waals surface area (Å²) in [6.45, 7) is 4.63. The van der Waals surface area contributed by atoms with Crippen LogP contribution >= 0.6 is 15.9 Å². The number of rotatable bonds is 2. The molecule has 2 rings (SSSR count). The molecule has 0 spiro atoms. The quantitative estimate of drug-likeness (QED) is 0.803. The lowest BCUT2D eigenvalue weighted by Crippen LogP contribution is -2.40. The van der Waals surface area contributed by atoms with Crippen molar-refractivity contribution in [3.8, 4) is 0 Å². The highest BCUT2D eigenvalue weighted by atomic mass is 79.9. The van der Waals surface area contributed by atoms with E-state index in [4.69, 9.17) is 0 Å². The maximum Gasteiger partial charge on any atom is 0.120 e. The first-order valence-corrected chi connectivity index (χ1v) is 6.62. The molecule has 1 nitrogen and oxygen atoms in total. The third-order valence-electron chi connectivity index (χ3n) is 3.37. The van der Waals surface area contributed by atoms with Crippen LogP contribution in [0.3, 0.4) is 0 Å². The van der Waals surface area contributed by atoms with Crippen LogP contribution in [0.15, 0.2) is 28.7 Å². The fourth-order valence-electron chi connectivity index (χ4n) is 2.34. The highest BCUT2D eigenvalue weighted by Crippen LogP contribution is 2.31. The molecule has 1 heterocycles. The SMILES string of the molecule is CCN1CC[C@H](c2ccc(Br)cc2)[C@@H](F)C1. The Kier molecular flexibility index (Phi) is 3.98. The van der Waals surface area contributed by atoms with Gasteiger partial charge in [0.25, 0.3) is 0 Å². The van der Waals surface area contributed by atoms with E-state index in [0.29, 0.717) is 6.54 Å². The van der Waals surface area contributed by atoms with Crippen LogP contribution in [0.1, 0.15) is 24.8 Å². The molecule has 1 aromatic rings. The molecule has 2 atom stereocenters. The number of halogens is 2. The van der Waals surface area contributed by atoms with Gasteiger partial charge < -0.3 is 4.90 Å². The van der Waals surface area contributed by atoms with Crippen molar-refractivity contribution in [3.63, 3.8) is 0 Å². The summed E-state index contributed by atoms with van der Waals surface area (Å²) in [7, 11) is 0. The largest absolute Gasteiger partial charge is 0.301 e. The number of alkyl halides is 1. The van der Waals surface area contributed by atoms with Crippen LogP contribution in [0.2, 0.25) is 0 Å². The molecule has 0 aliphatic carbocycles. The third-order valence-corrected chi connectivity index (χ3v) is 3.90. The van der Waals surface area contributed by atoms with Crippen LogP contribution in [-0.2, 0) is 0 Å². The molecule has 88 valence electrons. The number of piperidine rings is 1. The molecule has 0 aromatic heterocycles. The van der Waals surface area contributed by atoms with Crippen molar-refractivity contribution in [2.75, 3.05) is 19.6 Å². The van der Waals surface area contributed by atoms with Gasteiger partial charge in [0.05, 0.1) is 0 Å². The van der Waals surface area contributed by atoms with Gasteiger partial charge in [-0.1, -0.05) is 35.0 Å². The number of nitrogens with zero attached hydrogens (tertiary/aromatic N) is 1. The molecule has 1 aliphatic heterocycles. The van der Waals surface area contributed by atoms with Gasteiger partial charge in [0.15, 0.2) is 0 Å². The highest BCUT2D eigenvalue weighted by molar-refractivity contribution is 9.10. The lowest BCUT2D eigenvalue weighted by Gasteiger charge is -2.34. The van der Waals surface area contributed by atoms with Crippen molar-refractivity contribution in [3.05, 3.63) is 34.3 Å². The molecule has 0 unspecified atom stereocenters. The Bertz CT molecular complexity index is 338. The van der Waals surface area contributed by atoms with Crippen molar-refractivity contribution in [1.29, 1.82) is 0 Å². The van der Waals surface area contributed by atoms with E-state index >= 15 is 0 Å². The third kappa shape index (κ3) is 2.64. The van der Waals surface area contributed by atoms with E-state index < -0.39 is 6.17 Å². The van der Waals surface area contributed by atoms with Crippen molar-refractivity contribution in [2.45, 2.75) is 25.4 Å². The Morgan fingerprint density at radius 3 is 2.62 bits per heavy atom. The molecule has 3 heteroatoms. The van der Waals surface area contributed by atoms with Crippen LogP contribution in [0.5, 0.6) is 0 Å². The van der Waals surface area contributed by atoms with Gasteiger partial charge in [0, 0.05) is 16.9 Å². The summed E-state index contributed by atoms with van der Waals surface area (Å²) >= 11 is 3.40. The molecule has 1 aliphatic rings. The summed E-state index contributed by atoms with van der Waals surface area (Å²) < 4.78 is 15.1. The number of benzene rings is 1. The lowest BCUT2D eigenvalue weighted by molar-refractivity contribution is 0.122. The van der Waals surface area contributed by atoms with Gasteiger partial charge in [-0.3, -0.25) is 0 Å². The topological polar surface area (TPSA) is 3.24 Å². The van der Waals surface area contributed by atoms with Gasteiger partial charge in [0.1, 0.15) is 6.17 Å². The maximum atomic E-state index is 14.0. The van der Waals surface area contributed by atoms with E-state index in [2.05, 4.69) is 27.8 Å². The average molecular weight is 286 g/mol.